The van der Waals surface area contributed by atoms with Crippen LogP contribution in [0.4, 0.5) is 11.4 Å². The molecule has 0 aliphatic carbocycles. The van der Waals surface area contributed by atoms with E-state index in [9.17, 15) is 9.59 Å². The lowest BCUT2D eigenvalue weighted by Gasteiger charge is -2.23. The molecule has 2 rings (SSSR count). The fourth-order valence-corrected chi connectivity index (χ4v) is 3.36. The van der Waals surface area contributed by atoms with Crippen LogP contribution in [-0.2, 0) is 9.59 Å². The molecule has 1 saturated heterocycles. The highest BCUT2D eigenvalue weighted by Gasteiger charge is 2.19. The van der Waals surface area contributed by atoms with E-state index >= 15 is 0 Å². The van der Waals surface area contributed by atoms with Gasteiger partial charge in [0.15, 0.2) is 13.1 Å². The molecule has 150 valence electrons. The van der Waals surface area contributed by atoms with E-state index in [4.69, 9.17) is 0 Å². The van der Waals surface area contributed by atoms with Crippen LogP contribution >= 0.6 is 0 Å². The van der Waals surface area contributed by atoms with E-state index in [2.05, 4.69) is 27.7 Å². The van der Waals surface area contributed by atoms with Crippen molar-refractivity contribution in [3.05, 3.63) is 24.3 Å². The molecular formula is C21H35N4O2+. The van der Waals surface area contributed by atoms with Gasteiger partial charge >= 0.3 is 0 Å². The number of rotatable bonds is 6. The molecule has 0 spiro atoms. The minimum atomic E-state index is -0.255. The van der Waals surface area contributed by atoms with Crippen molar-refractivity contribution < 1.29 is 14.5 Å². The summed E-state index contributed by atoms with van der Waals surface area (Å²) in [6, 6.07) is 8.07. The number of hydrogen-bond donors (Lipinski definition) is 3. The number of nitrogens with zero attached hydrogens (tertiary/aromatic N) is 1. The lowest BCUT2D eigenvalue weighted by molar-refractivity contribution is -0.862. The molecule has 2 amide bonds. The summed E-state index contributed by atoms with van der Waals surface area (Å²) in [7, 11) is 1.85. The Morgan fingerprint density at radius 2 is 1.52 bits per heavy atom. The van der Waals surface area contributed by atoms with Crippen LogP contribution in [0.2, 0.25) is 0 Å². The van der Waals surface area contributed by atoms with Gasteiger partial charge in [0.25, 0.3) is 11.8 Å². The molecule has 0 radical (unpaired) electrons. The van der Waals surface area contributed by atoms with Gasteiger partial charge in [0.1, 0.15) is 0 Å². The molecule has 1 unspecified atom stereocenters. The average molecular weight is 376 g/mol. The normalized spacial score (nSPS) is 16.4. The van der Waals surface area contributed by atoms with Crippen molar-refractivity contribution in [2.75, 3.05) is 43.4 Å². The maximum absolute atomic E-state index is 12.2. The topological polar surface area (TPSA) is 65.9 Å². The molecule has 1 aliphatic rings. The number of benzene rings is 1. The summed E-state index contributed by atoms with van der Waals surface area (Å²) in [5.74, 6) is -0.131. The second kappa shape index (κ2) is 9.74. The second-order valence-electron chi connectivity index (χ2n) is 8.61. The number of anilines is 2. The average Bonchev–Trinajstić information content (AvgIpc) is 2.82. The third kappa shape index (κ3) is 7.99. The molecule has 0 saturated carbocycles. The van der Waals surface area contributed by atoms with Crippen LogP contribution in [0.25, 0.3) is 0 Å². The van der Waals surface area contributed by atoms with Gasteiger partial charge in [-0.1, -0.05) is 12.8 Å². The second-order valence-corrected chi connectivity index (χ2v) is 8.61. The van der Waals surface area contributed by atoms with Crippen LogP contribution in [0.15, 0.2) is 24.3 Å². The van der Waals surface area contributed by atoms with E-state index in [0.717, 1.165) is 23.7 Å². The van der Waals surface area contributed by atoms with Gasteiger partial charge in [0.2, 0.25) is 0 Å². The minimum absolute atomic E-state index is 0.0467. The number of nitrogens with one attached hydrogen (secondary N) is 3. The van der Waals surface area contributed by atoms with E-state index in [1.54, 1.807) is 0 Å². The van der Waals surface area contributed by atoms with E-state index in [-0.39, 0.29) is 30.4 Å². The van der Waals surface area contributed by atoms with Crippen molar-refractivity contribution >= 4 is 23.2 Å². The lowest BCUT2D eigenvalue weighted by Crippen LogP contribution is -3.11. The van der Waals surface area contributed by atoms with Gasteiger partial charge in [0, 0.05) is 30.0 Å². The summed E-state index contributed by atoms with van der Waals surface area (Å²) >= 11 is 0. The van der Waals surface area contributed by atoms with Crippen LogP contribution < -0.4 is 20.4 Å². The number of amides is 2. The third-order valence-corrected chi connectivity index (χ3v) is 4.56. The SMILES string of the molecule is C[NH+](CC(=O)Nc1ccc(N2CCCCCC2)cc1)CC(=O)NC(C)(C)C. The summed E-state index contributed by atoms with van der Waals surface area (Å²) in [5.41, 5.74) is 1.76. The highest BCUT2D eigenvalue weighted by Crippen LogP contribution is 2.21. The summed E-state index contributed by atoms with van der Waals surface area (Å²) in [6.45, 7) is 8.59. The summed E-state index contributed by atoms with van der Waals surface area (Å²) in [5, 5.41) is 5.85. The van der Waals surface area contributed by atoms with Crippen molar-refractivity contribution in [2.24, 2.45) is 0 Å². The lowest BCUT2D eigenvalue weighted by atomic mass is 10.1. The molecule has 1 atom stereocenters. The molecule has 1 aliphatic heterocycles. The maximum Gasteiger partial charge on any atom is 0.279 e. The molecule has 1 fully saturated rings. The Bertz CT molecular complexity index is 614. The first-order valence-electron chi connectivity index (χ1n) is 10.00. The van der Waals surface area contributed by atoms with Crippen molar-refractivity contribution in [2.45, 2.75) is 52.0 Å². The molecule has 1 aromatic carbocycles. The number of likely N-dealkylation sites (N-methyl/N-ethyl adjacent to an activating group) is 1. The quantitative estimate of drug-likeness (QED) is 0.705. The zero-order valence-corrected chi connectivity index (χ0v) is 17.2. The summed E-state index contributed by atoms with van der Waals surface area (Å²) in [6.07, 6.45) is 5.12. The van der Waals surface area contributed by atoms with Gasteiger partial charge < -0.3 is 20.4 Å². The highest BCUT2D eigenvalue weighted by atomic mass is 16.2. The van der Waals surface area contributed by atoms with Gasteiger partial charge in [0.05, 0.1) is 7.05 Å². The van der Waals surface area contributed by atoms with E-state index in [1.165, 1.54) is 31.4 Å². The highest BCUT2D eigenvalue weighted by molar-refractivity contribution is 5.91. The minimum Gasteiger partial charge on any atom is -0.372 e. The van der Waals surface area contributed by atoms with Crippen LogP contribution in [0.1, 0.15) is 46.5 Å². The number of carbonyl (C=O) groups excluding carboxylic acids is 2. The maximum atomic E-state index is 12.2. The van der Waals surface area contributed by atoms with E-state index in [1.807, 2.05) is 40.0 Å². The zero-order chi connectivity index (χ0) is 19.9. The van der Waals surface area contributed by atoms with Gasteiger partial charge in [-0.15, -0.1) is 0 Å². The Morgan fingerprint density at radius 3 is 2.07 bits per heavy atom. The van der Waals surface area contributed by atoms with Crippen molar-refractivity contribution in [3.63, 3.8) is 0 Å². The number of carbonyl (C=O) groups is 2. The Kier molecular flexibility index (Phi) is 7.66. The van der Waals surface area contributed by atoms with E-state index in [0.29, 0.717) is 0 Å². The van der Waals surface area contributed by atoms with Gasteiger partial charge in [-0.05, 0) is 57.9 Å². The summed E-state index contributed by atoms with van der Waals surface area (Å²) in [4.78, 5) is 27.5. The molecule has 6 heteroatoms. The standard InChI is InChI=1S/C21H34N4O2/c1-21(2,3)23-20(27)16-24(4)15-19(26)22-17-9-11-18(12-10-17)25-13-7-5-6-8-14-25/h9-12H,5-8,13-16H2,1-4H3,(H,22,26)(H,23,27)/p+1. The van der Waals surface area contributed by atoms with Crippen LogP contribution in [0.3, 0.4) is 0 Å². The Balaban J connectivity index is 1.80. The van der Waals surface area contributed by atoms with Gasteiger partial charge in [-0.25, -0.2) is 0 Å². The van der Waals surface area contributed by atoms with Gasteiger partial charge in [-0.3, -0.25) is 9.59 Å². The Morgan fingerprint density at radius 1 is 0.963 bits per heavy atom. The largest absolute Gasteiger partial charge is 0.372 e. The van der Waals surface area contributed by atoms with Crippen molar-refractivity contribution in [1.29, 1.82) is 0 Å². The zero-order valence-electron chi connectivity index (χ0n) is 17.2. The molecule has 3 N–H and O–H groups in total. The number of quaternary nitrogens is 1. The molecule has 6 nitrogen and oxygen atoms in total. The van der Waals surface area contributed by atoms with Crippen molar-refractivity contribution in [1.82, 2.24) is 5.32 Å². The first-order chi connectivity index (χ1) is 12.7. The van der Waals surface area contributed by atoms with E-state index < -0.39 is 0 Å². The summed E-state index contributed by atoms with van der Waals surface area (Å²) < 4.78 is 0. The first kappa shape index (κ1) is 21.2. The van der Waals surface area contributed by atoms with Crippen LogP contribution in [0.5, 0.6) is 0 Å². The third-order valence-electron chi connectivity index (χ3n) is 4.56. The Labute approximate surface area is 163 Å². The monoisotopic (exact) mass is 375 g/mol. The van der Waals surface area contributed by atoms with Crippen molar-refractivity contribution in [3.8, 4) is 0 Å². The predicted molar refractivity (Wildman–Crippen MR) is 110 cm³/mol. The molecule has 1 aromatic rings. The molecule has 1 heterocycles. The number of hydrogen-bond acceptors (Lipinski definition) is 3. The Hall–Kier alpha value is -2.08. The molecule has 0 aromatic heterocycles. The fourth-order valence-electron chi connectivity index (χ4n) is 3.36. The molecule has 27 heavy (non-hydrogen) atoms. The predicted octanol–water partition coefficient (Wildman–Crippen LogP) is 1.43. The molecular weight excluding hydrogens is 340 g/mol. The smallest absolute Gasteiger partial charge is 0.279 e. The first-order valence-corrected chi connectivity index (χ1v) is 10.00. The van der Waals surface area contributed by atoms with Crippen LogP contribution in [-0.4, -0.2) is 50.6 Å². The van der Waals surface area contributed by atoms with Gasteiger partial charge in [-0.2, -0.15) is 0 Å². The fraction of sp³-hybridized carbons (Fsp3) is 0.619. The van der Waals surface area contributed by atoms with Crippen LogP contribution in [0, 0.1) is 0 Å². The molecule has 0 bridgehead atoms.